The maximum absolute atomic E-state index is 12.6. The van der Waals surface area contributed by atoms with Gasteiger partial charge in [-0.1, -0.05) is 47.5 Å². The van der Waals surface area contributed by atoms with Gasteiger partial charge in [-0.25, -0.2) is 10.2 Å². The van der Waals surface area contributed by atoms with Gasteiger partial charge in [0, 0.05) is 35.2 Å². The third-order valence-electron chi connectivity index (χ3n) is 7.63. The number of carbonyl (C=O) groups is 2. The van der Waals surface area contributed by atoms with Gasteiger partial charge in [-0.3, -0.25) is 19.5 Å². The molecule has 0 spiro atoms. The molecule has 1 saturated heterocycles. The summed E-state index contributed by atoms with van der Waals surface area (Å²) in [7, 11) is 0. The second kappa shape index (κ2) is 13.6. The monoisotopic (exact) mass is 611 g/mol. The molecule has 3 aromatic carbocycles. The number of carbonyl (C=O) groups excluding carboxylic acids is 1. The van der Waals surface area contributed by atoms with E-state index in [9.17, 15) is 14.0 Å². The van der Waals surface area contributed by atoms with Crippen molar-refractivity contribution in [1.29, 1.82) is 0 Å². The van der Waals surface area contributed by atoms with E-state index in [1.807, 2.05) is 54.0 Å². The molecular formula is C32H32Cl2FN3O4. The summed E-state index contributed by atoms with van der Waals surface area (Å²) in [6.07, 6.45) is 2.47. The number of nitrogens with zero attached hydrogens (tertiary/aromatic N) is 1. The minimum absolute atomic E-state index is 0.0666. The van der Waals surface area contributed by atoms with Gasteiger partial charge in [-0.2, -0.15) is 0 Å². The van der Waals surface area contributed by atoms with E-state index in [1.165, 1.54) is 0 Å². The maximum atomic E-state index is 12.6. The van der Waals surface area contributed by atoms with Crippen molar-refractivity contribution in [2.24, 2.45) is 0 Å². The topological polar surface area (TPSA) is 90.9 Å². The number of halogens is 3. The molecule has 7 nitrogen and oxygen atoms in total. The summed E-state index contributed by atoms with van der Waals surface area (Å²) >= 11 is 12.9. The second-order valence-electron chi connectivity index (χ2n) is 10.5. The Hall–Kier alpha value is -3.59. The fraction of sp³-hybridized carbons (Fsp3) is 0.312. The number of allylic oxidation sites excluding steroid dienone is 1. The largest absolute Gasteiger partial charge is 0.489 e. The quantitative estimate of drug-likeness (QED) is 0.238. The molecule has 220 valence electrons. The van der Waals surface area contributed by atoms with Crippen molar-refractivity contribution in [3.63, 3.8) is 0 Å². The van der Waals surface area contributed by atoms with Crippen LogP contribution in [-0.4, -0.2) is 54.4 Å². The molecule has 0 saturated carbocycles. The Morgan fingerprint density at radius 2 is 1.79 bits per heavy atom. The van der Waals surface area contributed by atoms with Crippen molar-refractivity contribution in [1.82, 2.24) is 15.8 Å². The van der Waals surface area contributed by atoms with E-state index < -0.39 is 12.0 Å². The Morgan fingerprint density at radius 1 is 1.00 bits per heavy atom. The molecule has 1 aliphatic heterocycles. The molecule has 1 fully saturated rings. The SMILES string of the molecule is O=C(O)NNC(=O)c1ccc2c(c1)CCCC(c1ccc(Cl)cc1Cl)=C2c1ccc(O[C@H]2CCN(CCCF)C2)cc1. The number of carboxylic acid groups (broad SMARTS) is 1. The first-order valence-electron chi connectivity index (χ1n) is 14.0. The molecule has 0 radical (unpaired) electrons. The smallest absolute Gasteiger partial charge is 0.423 e. The van der Waals surface area contributed by atoms with Crippen molar-refractivity contribution >= 4 is 46.3 Å². The molecule has 10 heteroatoms. The predicted octanol–water partition coefficient (Wildman–Crippen LogP) is 7.01. The number of hydrogen-bond acceptors (Lipinski definition) is 4. The van der Waals surface area contributed by atoms with Crippen molar-refractivity contribution in [3.05, 3.63) is 98.5 Å². The molecule has 5 rings (SSSR count). The first-order valence-corrected chi connectivity index (χ1v) is 14.7. The summed E-state index contributed by atoms with van der Waals surface area (Å²) in [5.74, 6) is 0.238. The number of rotatable bonds is 8. The van der Waals surface area contributed by atoms with Gasteiger partial charge >= 0.3 is 6.09 Å². The van der Waals surface area contributed by atoms with Crippen LogP contribution in [0.5, 0.6) is 5.75 Å². The number of amides is 2. The highest BCUT2D eigenvalue weighted by Gasteiger charge is 2.25. The van der Waals surface area contributed by atoms with E-state index in [4.69, 9.17) is 33.0 Å². The van der Waals surface area contributed by atoms with Gasteiger partial charge in [0.2, 0.25) is 0 Å². The average molecular weight is 613 g/mol. The molecule has 0 bridgehead atoms. The summed E-state index contributed by atoms with van der Waals surface area (Å²) in [6.45, 7) is 2.14. The Balaban J connectivity index is 1.49. The number of ether oxygens (including phenoxy) is 1. The van der Waals surface area contributed by atoms with Gasteiger partial charge in [0.25, 0.3) is 5.91 Å². The standard InChI is InChI=1S/C32H32Cl2FN3O4/c33-23-8-12-27(29(34)18-23)28-4-1-3-21-17-22(31(39)36-37-32(40)41)7-11-26(21)30(28)20-5-9-24(10-6-20)42-25-13-16-38(19-25)15-2-14-35/h5-12,17-18,25,37H,1-4,13-16,19H2,(H,36,39)(H,40,41)/t25-/m0/s1. The Morgan fingerprint density at radius 3 is 2.52 bits per heavy atom. The lowest BCUT2D eigenvalue weighted by molar-refractivity contribution is 0.0926. The molecule has 1 heterocycles. The van der Waals surface area contributed by atoms with E-state index in [-0.39, 0.29) is 12.8 Å². The Kier molecular flexibility index (Phi) is 9.67. The van der Waals surface area contributed by atoms with Crippen LogP contribution in [0.15, 0.2) is 60.7 Å². The van der Waals surface area contributed by atoms with Crippen molar-refractivity contribution < 1.29 is 23.8 Å². The number of likely N-dealkylation sites (tertiary alicyclic amines) is 1. The van der Waals surface area contributed by atoms with E-state index in [0.29, 0.717) is 22.0 Å². The number of hydrazine groups is 1. The summed E-state index contributed by atoms with van der Waals surface area (Å²) in [6, 6.07) is 18.9. The lowest BCUT2D eigenvalue weighted by atomic mass is 9.87. The lowest BCUT2D eigenvalue weighted by Crippen LogP contribution is -2.40. The maximum Gasteiger partial charge on any atom is 0.423 e. The Bertz CT molecular complexity index is 1500. The molecule has 1 aliphatic carbocycles. The second-order valence-corrected chi connectivity index (χ2v) is 11.3. The molecule has 0 aromatic heterocycles. The minimum Gasteiger partial charge on any atom is -0.489 e. The first kappa shape index (κ1) is 29.9. The molecule has 0 unspecified atom stereocenters. The molecule has 3 aromatic rings. The molecule has 42 heavy (non-hydrogen) atoms. The van der Waals surface area contributed by atoms with Gasteiger partial charge in [0.1, 0.15) is 11.9 Å². The highest BCUT2D eigenvalue weighted by molar-refractivity contribution is 6.36. The van der Waals surface area contributed by atoms with Crippen molar-refractivity contribution in [3.8, 4) is 5.75 Å². The van der Waals surface area contributed by atoms with Gasteiger partial charge in [0.15, 0.2) is 0 Å². The van der Waals surface area contributed by atoms with Gasteiger partial charge in [-0.15, -0.1) is 0 Å². The van der Waals surface area contributed by atoms with Crippen LogP contribution < -0.4 is 15.6 Å². The van der Waals surface area contributed by atoms with E-state index >= 15 is 0 Å². The van der Waals surface area contributed by atoms with Crippen LogP contribution in [0.3, 0.4) is 0 Å². The van der Waals surface area contributed by atoms with E-state index in [2.05, 4.69) is 10.3 Å². The zero-order valence-corrected chi connectivity index (χ0v) is 24.5. The molecular weight excluding hydrogens is 580 g/mol. The normalized spacial score (nSPS) is 17.0. The van der Waals surface area contributed by atoms with Crippen LogP contribution in [0.2, 0.25) is 10.0 Å². The highest BCUT2D eigenvalue weighted by atomic mass is 35.5. The van der Waals surface area contributed by atoms with Gasteiger partial charge < -0.3 is 9.84 Å². The number of fused-ring (bicyclic) bond motifs is 1. The van der Waals surface area contributed by atoms with Crippen LogP contribution in [0.25, 0.3) is 11.1 Å². The molecule has 2 amide bonds. The fourth-order valence-corrected chi connectivity index (χ4v) is 6.24. The van der Waals surface area contributed by atoms with Crippen LogP contribution >= 0.6 is 23.2 Å². The van der Waals surface area contributed by atoms with Gasteiger partial charge in [-0.05, 0) is 102 Å². The summed E-state index contributed by atoms with van der Waals surface area (Å²) in [5.41, 5.74) is 10.4. The van der Waals surface area contributed by atoms with E-state index in [1.54, 1.807) is 12.1 Å². The summed E-state index contributed by atoms with van der Waals surface area (Å²) in [5, 5.41) is 9.96. The molecule has 2 aliphatic rings. The third-order valence-corrected chi connectivity index (χ3v) is 8.18. The zero-order chi connectivity index (χ0) is 29.6. The minimum atomic E-state index is -1.35. The van der Waals surface area contributed by atoms with Crippen LogP contribution in [0.1, 0.15) is 58.3 Å². The number of benzene rings is 3. The fourth-order valence-electron chi connectivity index (χ4n) is 5.72. The van der Waals surface area contributed by atoms with Crippen LogP contribution in [-0.2, 0) is 6.42 Å². The number of aryl methyl sites for hydroxylation is 1. The third kappa shape index (κ3) is 7.06. The zero-order valence-electron chi connectivity index (χ0n) is 23.0. The van der Waals surface area contributed by atoms with E-state index in [0.717, 1.165) is 84.5 Å². The highest BCUT2D eigenvalue weighted by Crippen LogP contribution is 2.42. The summed E-state index contributed by atoms with van der Waals surface area (Å²) < 4.78 is 18.8. The lowest BCUT2D eigenvalue weighted by Gasteiger charge is -2.19. The Labute approximate surface area is 254 Å². The van der Waals surface area contributed by atoms with Crippen molar-refractivity contribution in [2.75, 3.05) is 26.3 Å². The number of nitrogens with one attached hydrogen (secondary N) is 2. The van der Waals surface area contributed by atoms with Gasteiger partial charge in [0.05, 0.1) is 6.67 Å². The first-order chi connectivity index (χ1) is 20.3. The van der Waals surface area contributed by atoms with Crippen LogP contribution in [0, 0.1) is 0 Å². The number of hydrogen-bond donors (Lipinski definition) is 3. The van der Waals surface area contributed by atoms with Crippen LogP contribution in [0.4, 0.5) is 9.18 Å². The van der Waals surface area contributed by atoms with Crippen molar-refractivity contribution in [2.45, 2.75) is 38.2 Å². The molecule has 1 atom stereocenters. The number of alkyl halides is 1. The predicted molar refractivity (Wildman–Crippen MR) is 163 cm³/mol. The molecule has 3 N–H and O–H groups in total. The summed E-state index contributed by atoms with van der Waals surface area (Å²) in [4.78, 5) is 25.6. The average Bonchev–Trinajstić information content (AvgIpc) is 3.33.